The zero-order valence-electron chi connectivity index (χ0n) is 11.9. The largest absolute Gasteiger partial charge is 0.504 e. The monoisotopic (exact) mass is 273 g/mol. The van der Waals surface area contributed by atoms with Crippen LogP contribution in [0.5, 0.6) is 11.5 Å². The van der Waals surface area contributed by atoms with Gasteiger partial charge in [-0.1, -0.05) is 13.8 Å². The Balaban J connectivity index is 2.33. The van der Waals surface area contributed by atoms with Crippen molar-refractivity contribution >= 4 is 0 Å². The molecule has 0 radical (unpaired) electrons. The molecule has 0 atom stereocenters. The number of phenolic OH excluding ortho intramolecular Hbond substituents is 2. The van der Waals surface area contributed by atoms with E-state index in [2.05, 4.69) is 29.1 Å². The molecule has 106 valence electrons. The lowest BCUT2D eigenvalue weighted by Gasteiger charge is -2.10. The van der Waals surface area contributed by atoms with Gasteiger partial charge >= 0.3 is 0 Å². The van der Waals surface area contributed by atoms with Crippen LogP contribution in [0.3, 0.4) is 0 Å². The van der Waals surface area contributed by atoms with E-state index in [1.165, 1.54) is 12.1 Å². The molecule has 1 heterocycles. The summed E-state index contributed by atoms with van der Waals surface area (Å²) in [5, 5.41) is 22.2. The third-order valence-electron chi connectivity index (χ3n) is 2.83. The summed E-state index contributed by atoms with van der Waals surface area (Å²) in [5.41, 5.74) is 2.44. The van der Waals surface area contributed by atoms with Gasteiger partial charge < -0.3 is 15.5 Å². The van der Waals surface area contributed by atoms with E-state index >= 15 is 0 Å². The average Bonchev–Trinajstić information content (AvgIpc) is 2.39. The molecule has 5 heteroatoms. The van der Waals surface area contributed by atoms with Crippen LogP contribution in [0.25, 0.3) is 11.4 Å². The van der Waals surface area contributed by atoms with Crippen LogP contribution < -0.4 is 5.32 Å². The Morgan fingerprint density at radius 1 is 1.10 bits per heavy atom. The third kappa shape index (κ3) is 3.45. The predicted molar refractivity (Wildman–Crippen MR) is 77.5 cm³/mol. The van der Waals surface area contributed by atoms with Crippen molar-refractivity contribution in [1.82, 2.24) is 15.3 Å². The first-order valence-electron chi connectivity index (χ1n) is 6.56. The Morgan fingerprint density at radius 2 is 1.85 bits per heavy atom. The Hall–Kier alpha value is -2.14. The number of hydrogen-bond acceptors (Lipinski definition) is 5. The summed E-state index contributed by atoms with van der Waals surface area (Å²) in [6, 6.07) is 6.89. The minimum absolute atomic E-state index is 0.150. The quantitative estimate of drug-likeness (QED) is 0.745. The fourth-order valence-electron chi connectivity index (χ4n) is 1.82. The van der Waals surface area contributed by atoms with Crippen LogP contribution in [0.2, 0.25) is 0 Å². The summed E-state index contributed by atoms with van der Waals surface area (Å²) in [6.07, 6.45) is 0. The number of hydrogen-bond donors (Lipinski definition) is 3. The molecule has 3 N–H and O–H groups in total. The molecule has 20 heavy (non-hydrogen) atoms. The summed E-state index contributed by atoms with van der Waals surface area (Å²) in [4.78, 5) is 8.85. The number of nitrogens with zero attached hydrogens (tertiary/aromatic N) is 2. The Bertz CT molecular complexity index is 612. The number of aromatic hydroxyl groups is 2. The van der Waals surface area contributed by atoms with Crippen molar-refractivity contribution in [3.8, 4) is 22.9 Å². The first kappa shape index (κ1) is 14.3. The van der Waals surface area contributed by atoms with Crippen molar-refractivity contribution in [2.24, 2.45) is 0 Å². The molecule has 0 unspecified atom stereocenters. The lowest BCUT2D eigenvalue weighted by Crippen LogP contribution is -2.22. The summed E-state index contributed by atoms with van der Waals surface area (Å²) in [6.45, 7) is 6.72. The van der Waals surface area contributed by atoms with Crippen molar-refractivity contribution in [2.45, 2.75) is 33.4 Å². The first-order valence-corrected chi connectivity index (χ1v) is 6.56. The molecular formula is C15H19N3O2. The highest BCUT2D eigenvalue weighted by Crippen LogP contribution is 2.29. The molecule has 0 aliphatic heterocycles. The normalized spacial score (nSPS) is 11.0. The average molecular weight is 273 g/mol. The fourth-order valence-corrected chi connectivity index (χ4v) is 1.82. The molecule has 2 aromatic rings. The zero-order chi connectivity index (χ0) is 14.7. The van der Waals surface area contributed by atoms with Gasteiger partial charge in [0.2, 0.25) is 0 Å². The van der Waals surface area contributed by atoms with E-state index < -0.39 is 0 Å². The van der Waals surface area contributed by atoms with Crippen LogP contribution in [-0.2, 0) is 6.54 Å². The lowest BCUT2D eigenvalue weighted by atomic mass is 10.1. The van der Waals surface area contributed by atoms with Gasteiger partial charge in [0.1, 0.15) is 0 Å². The number of phenols is 2. The van der Waals surface area contributed by atoms with Crippen LogP contribution in [-0.4, -0.2) is 26.2 Å². The van der Waals surface area contributed by atoms with E-state index in [0.29, 0.717) is 24.0 Å². The van der Waals surface area contributed by atoms with E-state index in [4.69, 9.17) is 0 Å². The van der Waals surface area contributed by atoms with Gasteiger partial charge in [0.15, 0.2) is 17.3 Å². The second-order valence-corrected chi connectivity index (χ2v) is 5.06. The van der Waals surface area contributed by atoms with E-state index in [1.807, 2.05) is 13.0 Å². The standard InChI is InChI=1S/C15H19N3O2/c1-9(2)16-8-12-6-10(3)17-15(18-12)11-4-5-13(19)14(20)7-11/h4-7,9,16,19-20H,8H2,1-3H3. The van der Waals surface area contributed by atoms with Crippen molar-refractivity contribution in [1.29, 1.82) is 0 Å². The highest BCUT2D eigenvalue weighted by atomic mass is 16.3. The molecule has 0 aliphatic carbocycles. The number of nitrogens with one attached hydrogen (secondary N) is 1. The zero-order valence-corrected chi connectivity index (χ0v) is 11.9. The van der Waals surface area contributed by atoms with E-state index in [-0.39, 0.29) is 11.5 Å². The van der Waals surface area contributed by atoms with E-state index in [9.17, 15) is 10.2 Å². The third-order valence-corrected chi connectivity index (χ3v) is 2.83. The molecule has 0 spiro atoms. The number of aryl methyl sites for hydroxylation is 1. The Labute approximate surface area is 118 Å². The highest BCUT2D eigenvalue weighted by Gasteiger charge is 2.08. The lowest BCUT2D eigenvalue weighted by molar-refractivity contribution is 0.404. The molecule has 1 aromatic heterocycles. The summed E-state index contributed by atoms with van der Waals surface area (Å²) >= 11 is 0. The minimum Gasteiger partial charge on any atom is -0.504 e. The van der Waals surface area contributed by atoms with Crippen LogP contribution in [0.4, 0.5) is 0 Å². The predicted octanol–water partition coefficient (Wildman–Crippen LogP) is 2.36. The topological polar surface area (TPSA) is 78.3 Å². The molecule has 1 aromatic carbocycles. The molecule has 5 nitrogen and oxygen atoms in total. The molecule has 2 rings (SSSR count). The van der Waals surface area contributed by atoms with Gasteiger partial charge in [-0.25, -0.2) is 9.97 Å². The van der Waals surface area contributed by atoms with Gasteiger partial charge in [0.05, 0.1) is 5.69 Å². The molecule has 0 saturated carbocycles. The minimum atomic E-state index is -0.172. The van der Waals surface area contributed by atoms with E-state index in [0.717, 1.165) is 11.4 Å². The highest BCUT2D eigenvalue weighted by molar-refractivity contribution is 5.60. The molecular weight excluding hydrogens is 254 g/mol. The molecule has 0 aliphatic rings. The summed E-state index contributed by atoms with van der Waals surface area (Å²) < 4.78 is 0. The molecule has 0 amide bonds. The second-order valence-electron chi connectivity index (χ2n) is 5.06. The molecule has 0 fully saturated rings. The second kappa shape index (κ2) is 5.88. The van der Waals surface area contributed by atoms with Crippen molar-refractivity contribution in [3.63, 3.8) is 0 Å². The van der Waals surface area contributed by atoms with E-state index in [1.54, 1.807) is 6.07 Å². The number of benzene rings is 1. The van der Waals surface area contributed by atoms with Gasteiger partial charge in [-0.2, -0.15) is 0 Å². The Morgan fingerprint density at radius 3 is 2.50 bits per heavy atom. The van der Waals surface area contributed by atoms with Crippen LogP contribution in [0.15, 0.2) is 24.3 Å². The van der Waals surface area contributed by atoms with Gasteiger partial charge in [0.25, 0.3) is 0 Å². The van der Waals surface area contributed by atoms with Gasteiger partial charge in [-0.3, -0.25) is 0 Å². The maximum atomic E-state index is 9.56. The smallest absolute Gasteiger partial charge is 0.159 e. The first-order chi connectivity index (χ1) is 9.45. The SMILES string of the molecule is Cc1cc(CNC(C)C)nc(-c2ccc(O)c(O)c2)n1. The Kier molecular flexibility index (Phi) is 4.20. The molecule has 0 bridgehead atoms. The fraction of sp³-hybridized carbons (Fsp3) is 0.333. The van der Waals surface area contributed by atoms with Crippen LogP contribution in [0.1, 0.15) is 25.2 Å². The van der Waals surface area contributed by atoms with Gasteiger partial charge in [-0.15, -0.1) is 0 Å². The summed E-state index contributed by atoms with van der Waals surface area (Å²) in [7, 11) is 0. The maximum Gasteiger partial charge on any atom is 0.159 e. The van der Waals surface area contributed by atoms with Crippen LogP contribution >= 0.6 is 0 Å². The van der Waals surface area contributed by atoms with Gasteiger partial charge in [0, 0.05) is 23.8 Å². The van der Waals surface area contributed by atoms with Crippen molar-refractivity contribution in [3.05, 3.63) is 35.7 Å². The molecule has 0 saturated heterocycles. The van der Waals surface area contributed by atoms with Gasteiger partial charge in [-0.05, 0) is 31.2 Å². The number of rotatable bonds is 4. The number of aromatic nitrogens is 2. The van der Waals surface area contributed by atoms with Crippen LogP contribution in [0, 0.1) is 6.92 Å². The van der Waals surface area contributed by atoms with Crippen molar-refractivity contribution < 1.29 is 10.2 Å². The maximum absolute atomic E-state index is 9.56. The summed E-state index contributed by atoms with van der Waals surface area (Å²) in [5.74, 6) is 0.221. The van der Waals surface area contributed by atoms with Crippen molar-refractivity contribution in [2.75, 3.05) is 0 Å².